The van der Waals surface area contributed by atoms with Crippen LogP contribution in [0.15, 0.2) is 24.3 Å². The maximum atomic E-state index is 12.1. The number of aromatic nitrogens is 2. The molecule has 0 bridgehead atoms. The minimum Gasteiger partial charge on any atom is -0.480 e. The van der Waals surface area contributed by atoms with E-state index in [0.717, 1.165) is 22.5 Å². The molecule has 0 saturated heterocycles. The molecule has 122 valence electrons. The summed E-state index contributed by atoms with van der Waals surface area (Å²) in [6.07, 6.45) is 0. The van der Waals surface area contributed by atoms with E-state index in [4.69, 9.17) is 10.8 Å². The molecule has 7 heteroatoms. The summed E-state index contributed by atoms with van der Waals surface area (Å²) in [4.78, 5) is 22.8. The topological polar surface area (TPSA) is 110 Å². The van der Waals surface area contributed by atoms with Crippen LogP contribution in [0.5, 0.6) is 0 Å². The van der Waals surface area contributed by atoms with Crippen molar-refractivity contribution >= 4 is 11.9 Å². The molecule has 1 atom stereocenters. The normalized spacial score (nSPS) is 12.0. The lowest BCUT2D eigenvalue weighted by atomic mass is 10.0. The number of nitrogens with two attached hydrogens (primary N) is 1. The highest BCUT2D eigenvalue weighted by Gasteiger charge is 2.16. The van der Waals surface area contributed by atoms with Gasteiger partial charge in [-0.2, -0.15) is 5.10 Å². The SMILES string of the molecule is Cc1nn(C)c(C)c1-c1cccc(C(=O)NC[C@@H](N)C(=O)O)c1. The first-order valence-corrected chi connectivity index (χ1v) is 7.18. The molecule has 7 nitrogen and oxygen atoms in total. The lowest BCUT2D eigenvalue weighted by molar-refractivity contribution is -0.138. The van der Waals surface area contributed by atoms with Gasteiger partial charge in [-0.25, -0.2) is 0 Å². The Hall–Kier alpha value is -2.67. The molecular weight excluding hydrogens is 296 g/mol. The van der Waals surface area contributed by atoms with Crippen molar-refractivity contribution in [1.82, 2.24) is 15.1 Å². The second-order valence-electron chi connectivity index (χ2n) is 5.40. The fraction of sp³-hybridized carbons (Fsp3) is 0.312. The molecule has 1 amide bonds. The van der Waals surface area contributed by atoms with E-state index in [1.807, 2.05) is 27.0 Å². The third kappa shape index (κ3) is 3.57. The zero-order chi connectivity index (χ0) is 17.1. The molecule has 0 aliphatic heterocycles. The molecule has 2 rings (SSSR count). The van der Waals surface area contributed by atoms with Crippen LogP contribution in [0.4, 0.5) is 0 Å². The predicted octanol–water partition coefficient (Wildman–Crippen LogP) is 0.846. The van der Waals surface area contributed by atoms with Gasteiger partial charge in [0.15, 0.2) is 0 Å². The van der Waals surface area contributed by atoms with Gasteiger partial charge in [0.05, 0.1) is 5.69 Å². The van der Waals surface area contributed by atoms with Gasteiger partial charge in [0.2, 0.25) is 0 Å². The van der Waals surface area contributed by atoms with Gasteiger partial charge in [0, 0.05) is 30.4 Å². The quantitative estimate of drug-likeness (QED) is 0.757. The molecule has 4 N–H and O–H groups in total. The Balaban J connectivity index is 2.23. The number of carboxylic acid groups (broad SMARTS) is 1. The molecular formula is C16H20N4O3. The summed E-state index contributed by atoms with van der Waals surface area (Å²) in [5.41, 5.74) is 9.60. The summed E-state index contributed by atoms with van der Waals surface area (Å²) in [5.74, 6) is -1.51. The number of nitrogens with one attached hydrogen (secondary N) is 1. The maximum absolute atomic E-state index is 12.1. The molecule has 0 aliphatic carbocycles. The van der Waals surface area contributed by atoms with Crippen LogP contribution >= 0.6 is 0 Å². The van der Waals surface area contributed by atoms with Crippen LogP contribution in [-0.2, 0) is 11.8 Å². The summed E-state index contributed by atoms with van der Waals surface area (Å²) in [6.45, 7) is 3.76. The zero-order valence-corrected chi connectivity index (χ0v) is 13.3. The number of carboxylic acids is 1. The Morgan fingerprint density at radius 1 is 1.39 bits per heavy atom. The van der Waals surface area contributed by atoms with E-state index in [-0.39, 0.29) is 12.5 Å². The summed E-state index contributed by atoms with van der Waals surface area (Å²) >= 11 is 0. The van der Waals surface area contributed by atoms with Crippen molar-refractivity contribution in [3.05, 3.63) is 41.2 Å². The number of aryl methyl sites for hydroxylation is 2. The smallest absolute Gasteiger partial charge is 0.322 e. The third-order valence-electron chi connectivity index (χ3n) is 3.72. The first-order chi connectivity index (χ1) is 10.8. The number of rotatable bonds is 5. The Kier molecular flexibility index (Phi) is 4.80. The van der Waals surface area contributed by atoms with Gasteiger partial charge in [-0.1, -0.05) is 12.1 Å². The van der Waals surface area contributed by atoms with Gasteiger partial charge >= 0.3 is 5.97 Å². The average Bonchev–Trinajstić information content (AvgIpc) is 2.77. The number of carbonyl (C=O) groups excluding carboxylic acids is 1. The van der Waals surface area contributed by atoms with E-state index in [2.05, 4.69) is 10.4 Å². The molecule has 0 unspecified atom stereocenters. The molecule has 0 fully saturated rings. The zero-order valence-electron chi connectivity index (χ0n) is 13.3. The number of hydrogen-bond donors (Lipinski definition) is 3. The summed E-state index contributed by atoms with van der Waals surface area (Å²) in [6, 6.07) is 6.01. The van der Waals surface area contributed by atoms with Crippen LogP contribution in [0.3, 0.4) is 0 Å². The number of carbonyl (C=O) groups is 2. The van der Waals surface area contributed by atoms with Crippen molar-refractivity contribution in [2.24, 2.45) is 12.8 Å². The van der Waals surface area contributed by atoms with Crippen LogP contribution in [0, 0.1) is 13.8 Å². The van der Waals surface area contributed by atoms with Gasteiger partial charge in [-0.05, 0) is 31.5 Å². The second-order valence-corrected chi connectivity index (χ2v) is 5.40. The van der Waals surface area contributed by atoms with Crippen LogP contribution < -0.4 is 11.1 Å². The fourth-order valence-electron chi connectivity index (χ4n) is 2.40. The second kappa shape index (κ2) is 6.62. The van der Waals surface area contributed by atoms with Gasteiger partial charge < -0.3 is 16.2 Å². The standard InChI is InChI=1S/C16H20N4O3/c1-9-14(10(2)20(3)19-9)11-5-4-6-12(7-11)15(21)18-8-13(17)16(22)23/h4-7,13H,8,17H2,1-3H3,(H,18,21)(H,22,23)/t13-/m1/s1. The fourth-order valence-corrected chi connectivity index (χ4v) is 2.40. The van der Waals surface area contributed by atoms with E-state index >= 15 is 0 Å². The van der Waals surface area contributed by atoms with Crippen LogP contribution in [-0.4, -0.2) is 39.4 Å². The van der Waals surface area contributed by atoms with Gasteiger partial charge in [-0.15, -0.1) is 0 Å². The number of nitrogens with zero attached hydrogens (tertiary/aromatic N) is 2. The molecule has 23 heavy (non-hydrogen) atoms. The van der Waals surface area contributed by atoms with E-state index in [9.17, 15) is 9.59 Å². The highest BCUT2D eigenvalue weighted by atomic mass is 16.4. The van der Waals surface area contributed by atoms with Crippen molar-refractivity contribution in [2.75, 3.05) is 6.54 Å². The molecule has 0 radical (unpaired) electrons. The number of aliphatic carboxylic acids is 1. The van der Waals surface area contributed by atoms with Gasteiger partial charge in [0.25, 0.3) is 5.91 Å². The predicted molar refractivity (Wildman–Crippen MR) is 86.1 cm³/mol. The maximum Gasteiger partial charge on any atom is 0.322 e. The minimum absolute atomic E-state index is 0.122. The van der Waals surface area contributed by atoms with E-state index < -0.39 is 12.0 Å². The van der Waals surface area contributed by atoms with Crippen molar-refractivity contribution in [2.45, 2.75) is 19.9 Å². The van der Waals surface area contributed by atoms with Crippen molar-refractivity contribution in [3.63, 3.8) is 0 Å². The van der Waals surface area contributed by atoms with Crippen LogP contribution in [0.2, 0.25) is 0 Å². The Morgan fingerprint density at radius 3 is 2.65 bits per heavy atom. The molecule has 0 saturated carbocycles. The highest BCUT2D eigenvalue weighted by Crippen LogP contribution is 2.27. The number of benzene rings is 1. The Bertz CT molecular complexity index is 752. The molecule has 2 aromatic rings. The van der Waals surface area contributed by atoms with Crippen molar-refractivity contribution in [3.8, 4) is 11.1 Å². The van der Waals surface area contributed by atoms with Gasteiger partial charge in [-0.3, -0.25) is 14.3 Å². The molecule has 1 heterocycles. The van der Waals surface area contributed by atoms with Gasteiger partial charge in [0.1, 0.15) is 6.04 Å². The third-order valence-corrected chi connectivity index (χ3v) is 3.72. The molecule has 1 aromatic carbocycles. The van der Waals surface area contributed by atoms with Crippen LogP contribution in [0.25, 0.3) is 11.1 Å². The highest BCUT2D eigenvalue weighted by molar-refractivity contribution is 5.96. The van der Waals surface area contributed by atoms with Crippen LogP contribution in [0.1, 0.15) is 21.7 Å². The van der Waals surface area contributed by atoms with Crippen molar-refractivity contribution < 1.29 is 14.7 Å². The lowest BCUT2D eigenvalue weighted by Crippen LogP contribution is -2.42. The molecule has 0 spiro atoms. The average molecular weight is 316 g/mol. The first-order valence-electron chi connectivity index (χ1n) is 7.18. The number of hydrogen-bond acceptors (Lipinski definition) is 4. The monoisotopic (exact) mass is 316 g/mol. The van der Waals surface area contributed by atoms with Crippen molar-refractivity contribution in [1.29, 1.82) is 0 Å². The summed E-state index contributed by atoms with van der Waals surface area (Å²) in [7, 11) is 1.87. The lowest BCUT2D eigenvalue weighted by Gasteiger charge is -2.10. The van der Waals surface area contributed by atoms with E-state index in [1.165, 1.54) is 0 Å². The Morgan fingerprint density at radius 2 is 2.09 bits per heavy atom. The number of amides is 1. The summed E-state index contributed by atoms with van der Waals surface area (Å²) in [5, 5.41) is 15.6. The molecule has 1 aromatic heterocycles. The Labute approximate surface area is 134 Å². The largest absolute Gasteiger partial charge is 0.480 e. The van der Waals surface area contributed by atoms with E-state index in [0.29, 0.717) is 5.56 Å². The minimum atomic E-state index is -1.15. The van der Waals surface area contributed by atoms with E-state index in [1.54, 1.807) is 22.9 Å². The summed E-state index contributed by atoms with van der Waals surface area (Å²) < 4.78 is 1.79. The molecule has 0 aliphatic rings. The first kappa shape index (κ1) is 16.7.